The van der Waals surface area contributed by atoms with Gasteiger partial charge in [0.15, 0.2) is 0 Å². The maximum atomic E-state index is 11.4. The number of carbonyl (C=O) groups is 1. The molecule has 0 aromatic carbocycles. The van der Waals surface area contributed by atoms with E-state index in [1.807, 2.05) is 6.07 Å². The van der Waals surface area contributed by atoms with E-state index in [1.54, 1.807) is 5.48 Å². The molecule has 2 aliphatic rings. The number of hydroxylamine groups is 1. The minimum absolute atomic E-state index is 0.408. The minimum atomic E-state index is -0.507. The minimum Gasteiger partial charge on any atom is -0.381 e. The van der Waals surface area contributed by atoms with E-state index in [-0.39, 0.29) is 0 Å². The van der Waals surface area contributed by atoms with Crippen LogP contribution in [0.15, 0.2) is 12.3 Å². The molecule has 3 rings (SSSR count). The first-order valence-electron chi connectivity index (χ1n) is 7.02. The SMILES string of the molecule is O=C(NO)c1cnc2c(c1)CCN(C1CCOCC1)C2. The molecule has 0 atom stereocenters. The first kappa shape index (κ1) is 13.5. The Hall–Kier alpha value is -1.50. The van der Waals surface area contributed by atoms with Gasteiger partial charge >= 0.3 is 0 Å². The van der Waals surface area contributed by atoms with Gasteiger partial charge < -0.3 is 4.74 Å². The lowest BCUT2D eigenvalue weighted by Gasteiger charge is -2.37. The molecule has 2 N–H and O–H groups in total. The summed E-state index contributed by atoms with van der Waals surface area (Å²) in [6, 6.07) is 2.41. The summed E-state index contributed by atoms with van der Waals surface area (Å²) < 4.78 is 5.40. The Balaban J connectivity index is 1.73. The molecule has 2 aliphatic heterocycles. The van der Waals surface area contributed by atoms with Gasteiger partial charge in [0.25, 0.3) is 5.91 Å². The number of amides is 1. The summed E-state index contributed by atoms with van der Waals surface area (Å²) in [6.45, 7) is 3.51. The molecule has 1 aromatic heterocycles. The van der Waals surface area contributed by atoms with Crippen LogP contribution in [-0.4, -0.2) is 46.8 Å². The maximum absolute atomic E-state index is 11.4. The Labute approximate surface area is 117 Å². The fraction of sp³-hybridized carbons (Fsp3) is 0.571. The highest BCUT2D eigenvalue weighted by Crippen LogP contribution is 2.23. The number of carbonyl (C=O) groups excluding carboxylic acids is 1. The van der Waals surface area contributed by atoms with Gasteiger partial charge in [0.2, 0.25) is 0 Å². The number of pyridine rings is 1. The third-order valence-electron chi connectivity index (χ3n) is 4.15. The van der Waals surface area contributed by atoms with E-state index >= 15 is 0 Å². The lowest BCUT2D eigenvalue weighted by Crippen LogP contribution is -2.42. The van der Waals surface area contributed by atoms with Crippen LogP contribution in [0.5, 0.6) is 0 Å². The van der Waals surface area contributed by atoms with Crippen molar-refractivity contribution in [2.45, 2.75) is 31.8 Å². The van der Waals surface area contributed by atoms with Crippen molar-refractivity contribution in [3.8, 4) is 0 Å². The van der Waals surface area contributed by atoms with E-state index in [9.17, 15) is 4.79 Å². The fourth-order valence-electron chi connectivity index (χ4n) is 2.98. The van der Waals surface area contributed by atoms with E-state index in [1.165, 1.54) is 6.20 Å². The third-order valence-corrected chi connectivity index (χ3v) is 4.15. The topological polar surface area (TPSA) is 74.7 Å². The number of nitrogens with zero attached hydrogens (tertiary/aromatic N) is 2. The van der Waals surface area contributed by atoms with Gasteiger partial charge in [-0.1, -0.05) is 0 Å². The van der Waals surface area contributed by atoms with Crippen molar-refractivity contribution in [2.75, 3.05) is 19.8 Å². The fourth-order valence-corrected chi connectivity index (χ4v) is 2.98. The van der Waals surface area contributed by atoms with Crippen molar-refractivity contribution in [1.82, 2.24) is 15.4 Å². The van der Waals surface area contributed by atoms with Crippen LogP contribution < -0.4 is 5.48 Å². The summed E-state index contributed by atoms with van der Waals surface area (Å²) in [6.07, 6.45) is 4.59. The van der Waals surface area contributed by atoms with Gasteiger partial charge in [-0.15, -0.1) is 0 Å². The molecule has 1 fully saturated rings. The first-order chi connectivity index (χ1) is 9.78. The highest BCUT2D eigenvalue weighted by atomic mass is 16.5. The Morgan fingerprint density at radius 2 is 2.25 bits per heavy atom. The predicted molar refractivity (Wildman–Crippen MR) is 71.4 cm³/mol. The maximum Gasteiger partial charge on any atom is 0.276 e. The zero-order valence-electron chi connectivity index (χ0n) is 11.3. The molecule has 0 radical (unpaired) electrons. The van der Waals surface area contributed by atoms with Crippen LogP contribution in [0.4, 0.5) is 0 Å². The van der Waals surface area contributed by atoms with Gasteiger partial charge in [-0.2, -0.15) is 0 Å². The molecular weight excluding hydrogens is 258 g/mol. The zero-order valence-corrected chi connectivity index (χ0v) is 11.3. The molecule has 20 heavy (non-hydrogen) atoms. The molecule has 1 saturated heterocycles. The average molecular weight is 277 g/mol. The Kier molecular flexibility index (Phi) is 3.95. The second-order valence-electron chi connectivity index (χ2n) is 5.33. The molecule has 1 amide bonds. The Bertz CT molecular complexity index is 500. The number of hydrogen-bond acceptors (Lipinski definition) is 5. The van der Waals surface area contributed by atoms with Crippen molar-refractivity contribution in [2.24, 2.45) is 0 Å². The molecule has 3 heterocycles. The third kappa shape index (κ3) is 2.67. The monoisotopic (exact) mass is 277 g/mol. The standard InChI is InChI=1S/C14H19N3O3/c18-14(16-19)11-7-10-1-4-17(9-13(10)15-8-11)12-2-5-20-6-3-12/h7-8,12,19H,1-6,9H2,(H,16,18). The Morgan fingerprint density at radius 1 is 1.45 bits per heavy atom. The van der Waals surface area contributed by atoms with Crippen LogP contribution in [0.1, 0.15) is 34.5 Å². The van der Waals surface area contributed by atoms with Crippen LogP contribution in [0.3, 0.4) is 0 Å². The molecule has 0 unspecified atom stereocenters. The van der Waals surface area contributed by atoms with Crippen LogP contribution in [0.25, 0.3) is 0 Å². The normalized spacial score (nSPS) is 20.4. The van der Waals surface area contributed by atoms with Crippen LogP contribution >= 0.6 is 0 Å². The summed E-state index contributed by atoms with van der Waals surface area (Å²) in [4.78, 5) is 18.2. The van der Waals surface area contributed by atoms with E-state index in [0.29, 0.717) is 11.6 Å². The molecule has 1 aromatic rings. The molecule has 6 heteroatoms. The van der Waals surface area contributed by atoms with E-state index < -0.39 is 5.91 Å². The molecule has 0 spiro atoms. The van der Waals surface area contributed by atoms with Crippen molar-refractivity contribution in [1.29, 1.82) is 0 Å². The van der Waals surface area contributed by atoms with Crippen LogP contribution in [0, 0.1) is 0 Å². The first-order valence-corrected chi connectivity index (χ1v) is 7.02. The summed E-state index contributed by atoms with van der Waals surface area (Å²) in [5.41, 5.74) is 4.20. The molecular formula is C14H19N3O3. The number of aromatic nitrogens is 1. The van der Waals surface area contributed by atoms with Crippen molar-refractivity contribution >= 4 is 5.91 Å². The average Bonchev–Trinajstić information content (AvgIpc) is 2.54. The van der Waals surface area contributed by atoms with E-state index in [0.717, 1.165) is 56.8 Å². The summed E-state index contributed by atoms with van der Waals surface area (Å²) >= 11 is 0. The van der Waals surface area contributed by atoms with Crippen molar-refractivity contribution in [3.63, 3.8) is 0 Å². The second-order valence-corrected chi connectivity index (χ2v) is 5.33. The molecule has 0 saturated carbocycles. The number of ether oxygens (including phenoxy) is 1. The summed E-state index contributed by atoms with van der Waals surface area (Å²) in [5, 5.41) is 8.66. The number of rotatable bonds is 2. The highest BCUT2D eigenvalue weighted by molar-refractivity contribution is 5.93. The van der Waals surface area contributed by atoms with Crippen molar-refractivity contribution < 1.29 is 14.7 Å². The van der Waals surface area contributed by atoms with Crippen LogP contribution in [0.2, 0.25) is 0 Å². The molecule has 0 aliphatic carbocycles. The van der Waals surface area contributed by atoms with Crippen molar-refractivity contribution in [3.05, 3.63) is 29.1 Å². The van der Waals surface area contributed by atoms with Crippen LogP contribution in [-0.2, 0) is 17.7 Å². The summed E-state index contributed by atoms with van der Waals surface area (Å²) in [5.74, 6) is -0.507. The second kappa shape index (κ2) is 5.87. The largest absolute Gasteiger partial charge is 0.381 e. The van der Waals surface area contributed by atoms with Gasteiger partial charge in [0.1, 0.15) is 0 Å². The van der Waals surface area contributed by atoms with Gasteiger partial charge in [-0.25, -0.2) is 5.48 Å². The molecule has 108 valence electrons. The van der Waals surface area contributed by atoms with Gasteiger partial charge in [-0.05, 0) is 30.9 Å². The highest BCUT2D eigenvalue weighted by Gasteiger charge is 2.26. The number of nitrogens with one attached hydrogen (secondary N) is 1. The van der Waals surface area contributed by atoms with E-state index in [2.05, 4.69) is 9.88 Å². The quantitative estimate of drug-likeness (QED) is 0.616. The molecule has 0 bridgehead atoms. The lowest BCUT2D eigenvalue weighted by molar-refractivity contribution is 0.0284. The van der Waals surface area contributed by atoms with E-state index in [4.69, 9.17) is 9.94 Å². The van der Waals surface area contributed by atoms with Gasteiger partial charge in [-0.3, -0.25) is 19.9 Å². The predicted octanol–water partition coefficient (Wildman–Crippen LogP) is 0.738. The Morgan fingerprint density at radius 3 is 3.00 bits per heavy atom. The summed E-state index contributed by atoms with van der Waals surface area (Å²) in [7, 11) is 0. The number of fused-ring (bicyclic) bond motifs is 1. The lowest BCUT2D eigenvalue weighted by atomic mass is 9.99. The van der Waals surface area contributed by atoms with Gasteiger partial charge in [0, 0.05) is 38.5 Å². The smallest absolute Gasteiger partial charge is 0.276 e. The van der Waals surface area contributed by atoms with Gasteiger partial charge in [0.05, 0.1) is 11.3 Å². The molecule has 6 nitrogen and oxygen atoms in total. The zero-order chi connectivity index (χ0) is 13.9. The number of hydrogen-bond donors (Lipinski definition) is 2.